The normalized spacial score (nSPS) is 15.9. The van der Waals surface area contributed by atoms with Gasteiger partial charge in [0.05, 0.1) is 28.9 Å². The Hall–Kier alpha value is -2.62. The molecule has 0 radical (unpaired) electrons. The maximum absolute atomic E-state index is 3.56. The number of nitrogens with one attached hydrogen (secondary N) is 1. The summed E-state index contributed by atoms with van der Waals surface area (Å²) in [5.41, 5.74) is 12.5. The third-order valence-electron chi connectivity index (χ3n) is 6.78. The van der Waals surface area contributed by atoms with Crippen LogP contribution < -0.4 is 20.5 Å². The molecule has 3 aromatic rings. The van der Waals surface area contributed by atoms with Gasteiger partial charge in [0.2, 0.25) is 0 Å². The van der Waals surface area contributed by atoms with Crippen molar-refractivity contribution in [3.8, 4) is 11.1 Å². The Morgan fingerprint density at radius 1 is 1.03 bits per heavy atom. The van der Waals surface area contributed by atoms with Gasteiger partial charge in [0, 0.05) is 37.6 Å². The van der Waals surface area contributed by atoms with Crippen LogP contribution in [-0.2, 0) is 0 Å². The van der Waals surface area contributed by atoms with Crippen LogP contribution in [-0.4, -0.2) is 30.7 Å². The topological polar surface area (TPSA) is 22.9 Å². The molecule has 4 nitrogen and oxygen atoms in total. The van der Waals surface area contributed by atoms with Crippen molar-refractivity contribution in [3.63, 3.8) is 0 Å². The molecule has 5 rings (SSSR count). The van der Waals surface area contributed by atoms with E-state index in [1.807, 2.05) is 0 Å². The molecule has 30 heavy (non-hydrogen) atoms. The van der Waals surface area contributed by atoms with Crippen molar-refractivity contribution in [3.05, 3.63) is 45.9 Å². The first-order valence-corrected chi connectivity index (χ1v) is 11.4. The van der Waals surface area contributed by atoms with E-state index in [9.17, 15) is 0 Å². The molecule has 1 aromatic carbocycles. The second-order valence-corrected chi connectivity index (χ2v) is 9.39. The second-order valence-electron chi connectivity index (χ2n) is 9.39. The van der Waals surface area contributed by atoms with Gasteiger partial charge in [-0.1, -0.05) is 24.6 Å². The lowest BCUT2D eigenvalue weighted by atomic mass is 9.92. The summed E-state index contributed by atoms with van der Waals surface area (Å²) in [6.45, 7) is 13.3. The number of nitrogens with zero attached hydrogens (tertiary/aromatic N) is 3. The van der Waals surface area contributed by atoms with Gasteiger partial charge in [-0.05, 0) is 69.2 Å². The SMILES string of the molecule is CCCN(C)c1c(C)cn2c3c(c(-c4c(C)cc(C)cc4C)c12)N(C1CC1)CNC=3. The Kier molecular flexibility index (Phi) is 4.49. The van der Waals surface area contributed by atoms with Gasteiger partial charge in [-0.15, -0.1) is 0 Å². The van der Waals surface area contributed by atoms with E-state index in [0.29, 0.717) is 6.04 Å². The molecule has 0 saturated heterocycles. The molecule has 0 amide bonds. The summed E-state index contributed by atoms with van der Waals surface area (Å²) in [6.07, 6.45) is 8.31. The summed E-state index contributed by atoms with van der Waals surface area (Å²) in [5, 5.41) is 4.86. The molecule has 0 atom stereocenters. The van der Waals surface area contributed by atoms with E-state index in [-0.39, 0.29) is 0 Å². The number of hydrogen-bond acceptors (Lipinski definition) is 3. The van der Waals surface area contributed by atoms with Crippen molar-refractivity contribution in [1.29, 1.82) is 0 Å². The van der Waals surface area contributed by atoms with Crippen LogP contribution in [0, 0.1) is 27.7 Å². The maximum Gasteiger partial charge on any atom is 0.0876 e. The summed E-state index contributed by atoms with van der Waals surface area (Å²) in [4.78, 5) is 5.07. The number of rotatable bonds is 5. The van der Waals surface area contributed by atoms with E-state index >= 15 is 0 Å². The summed E-state index contributed by atoms with van der Waals surface area (Å²) in [7, 11) is 2.25. The molecule has 1 aliphatic carbocycles. The van der Waals surface area contributed by atoms with Gasteiger partial charge in [-0.3, -0.25) is 0 Å². The Morgan fingerprint density at radius 3 is 2.37 bits per heavy atom. The highest BCUT2D eigenvalue weighted by Gasteiger charge is 2.36. The monoisotopic (exact) mass is 402 g/mol. The number of hydrogen-bond donors (Lipinski definition) is 1. The van der Waals surface area contributed by atoms with Crippen molar-refractivity contribution in [1.82, 2.24) is 9.72 Å². The van der Waals surface area contributed by atoms with Gasteiger partial charge < -0.3 is 19.5 Å². The number of aromatic nitrogens is 1. The van der Waals surface area contributed by atoms with Crippen molar-refractivity contribution in [2.45, 2.75) is 59.9 Å². The molecule has 3 heterocycles. The molecule has 0 spiro atoms. The first kappa shape index (κ1) is 19.3. The number of aryl methyl sites for hydroxylation is 4. The Morgan fingerprint density at radius 2 is 1.73 bits per heavy atom. The third-order valence-corrected chi connectivity index (χ3v) is 6.78. The van der Waals surface area contributed by atoms with Crippen LogP contribution in [0.15, 0.2) is 18.3 Å². The molecular weight excluding hydrogens is 368 g/mol. The third kappa shape index (κ3) is 2.80. The van der Waals surface area contributed by atoms with Crippen LogP contribution in [0.1, 0.15) is 48.4 Å². The fourth-order valence-corrected chi connectivity index (χ4v) is 5.59. The first-order chi connectivity index (χ1) is 14.4. The zero-order chi connectivity index (χ0) is 21.2. The number of anilines is 2. The van der Waals surface area contributed by atoms with Crippen LogP contribution in [0.2, 0.25) is 0 Å². The second kappa shape index (κ2) is 6.97. The molecule has 0 unspecified atom stereocenters. The van der Waals surface area contributed by atoms with Crippen LogP contribution >= 0.6 is 0 Å². The molecule has 1 fully saturated rings. The number of fused-ring (bicyclic) bond motifs is 3. The van der Waals surface area contributed by atoms with E-state index in [4.69, 9.17) is 0 Å². The highest BCUT2D eigenvalue weighted by Crippen LogP contribution is 2.45. The predicted molar refractivity (Wildman–Crippen MR) is 129 cm³/mol. The molecule has 1 N–H and O–H groups in total. The molecule has 4 heteroatoms. The maximum atomic E-state index is 3.56. The van der Waals surface area contributed by atoms with Gasteiger partial charge >= 0.3 is 0 Å². The first-order valence-electron chi connectivity index (χ1n) is 11.4. The molecule has 1 saturated carbocycles. The van der Waals surface area contributed by atoms with Crippen LogP contribution in [0.4, 0.5) is 11.4 Å². The van der Waals surface area contributed by atoms with Crippen LogP contribution in [0.5, 0.6) is 0 Å². The molecular formula is C26H34N4. The van der Waals surface area contributed by atoms with Gasteiger partial charge in [-0.2, -0.15) is 0 Å². The molecule has 2 aromatic heterocycles. The predicted octanol–water partition coefficient (Wildman–Crippen LogP) is 4.67. The van der Waals surface area contributed by atoms with Crippen molar-refractivity contribution >= 4 is 23.1 Å². The Balaban J connectivity index is 1.91. The van der Waals surface area contributed by atoms with E-state index in [1.54, 1.807) is 0 Å². The van der Waals surface area contributed by atoms with Crippen molar-refractivity contribution in [2.24, 2.45) is 0 Å². The van der Waals surface area contributed by atoms with E-state index in [2.05, 4.69) is 85.7 Å². The molecule has 0 bridgehead atoms. The van der Waals surface area contributed by atoms with Gasteiger partial charge in [0.25, 0.3) is 0 Å². The molecule has 158 valence electrons. The Bertz CT molecular complexity index is 1160. The van der Waals surface area contributed by atoms with Crippen molar-refractivity contribution in [2.75, 3.05) is 30.1 Å². The van der Waals surface area contributed by atoms with E-state index in [1.165, 1.54) is 68.5 Å². The lowest BCUT2D eigenvalue weighted by Crippen LogP contribution is -2.42. The average molecular weight is 403 g/mol. The van der Waals surface area contributed by atoms with Gasteiger partial charge in [0.15, 0.2) is 0 Å². The van der Waals surface area contributed by atoms with Gasteiger partial charge in [-0.25, -0.2) is 0 Å². The highest BCUT2D eigenvalue weighted by atomic mass is 15.3. The summed E-state index contributed by atoms with van der Waals surface area (Å²) in [5.74, 6) is 0. The van der Waals surface area contributed by atoms with Crippen LogP contribution in [0.3, 0.4) is 0 Å². The minimum absolute atomic E-state index is 0.666. The fraction of sp³-hybridized carbons (Fsp3) is 0.462. The zero-order valence-corrected chi connectivity index (χ0v) is 19.3. The lowest BCUT2D eigenvalue weighted by molar-refractivity contribution is 0.733. The minimum atomic E-state index is 0.666. The zero-order valence-electron chi connectivity index (χ0n) is 19.3. The largest absolute Gasteiger partial charge is 0.373 e. The van der Waals surface area contributed by atoms with Crippen molar-refractivity contribution < 1.29 is 0 Å². The smallest absolute Gasteiger partial charge is 0.0876 e. The highest BCUT2D eigenvalue weighted by molar-refractivity contribution is 6.02. The quantitative estimate of drug-likeness (QED) is 0.671. The summed E-state index contributed by atoms with van der Waals surface area (Å²) < 4.78 is 2.45. The van der Waals surface area contributed by atoms with E-state index in [0.717, 1.165) is 19.6 Å². The average Bonchev–Trinajstić information content (AvgIpc) is 3.41. The standard InChI is InChI=1S/C26H34N4/c1-7-10-28(6)24-19(5)14-29-21-13-27-15-30(20-8-9-20)25(21)23(26(24)29)22-17(3)11-16(2)12-18(22)4/h11-14,20,27H,7-10,15H2,1-6H3. The molecule has 2 aliphatic rings. The molecule has 1 aliphatic heterocycles. The van der Waals surface area contributed by atoms with Crippen LogP contribution in [0.25, 0.3) is 22.8 Å². The Labute approximate surface area is 180 Å². The lowest BCUT2D eigenvalue weighted by Gasteiger charge is -2.29. The summed E-state index contributed by atoms with van der Waals surface area (Å²) >= 11 is 0. The number of benzene rings is 1. The minimum Gasteiger partial charge on any atom is -0.373 e. The fourth-order valence-electron chi connectivity index (χ4n) is 5.59. The van der Waals surface area contributed by atoms with E-state index < -0.39 is 0 Å². The van der Waals surface area contributed by atoms with Gasteiger partial charge in [0.1, 0.15) is 0 Å². The summed E-state index contributed by atoms with van der Waals surface area (Å²) in [6, 6.07) is 5.35.